The Labute approximate surface area is 128 Å². The molecule has 0 aliphatic carbocycles. The fourth-order valence-corrected chi connectivity index (χ4v) is 2.34. The van der Waals surface area contributed by atoms with Crippen molar-refractivity contribution in [2.24, 2.45) is 5.92 Å². The van der Waals surface area contributed by atoms with Crippen molar-refractivity contribution >= 4 is 5.69 Å². The largest absolute Gasteiger partial charge is 0.383 e. The molecule has 0 unspecified atom stereocenters. The third-order valence-corrected chi connectivity index (χ3v) is 3.39. The van der Waals surface area contributed by atoms with Crippen LogP contribution in [-0.4, -0.2) is 32.8 Å². The van der Waals surface area contributed by atoms with Gasteiger partial charge in [0.05, 0.1) is 12.3 Å². The Hall–Kier alpha value is -1.13. The van der Waals surface area contributed by atoms with Crippen LogP contribution in [0.1, 0.15) is 33.3 Å². The van der Waals surface area contributed by atoms with E-state index in [1.54, 1.807) is 13.2 Å². The van der Waals surface area contributed by atoms with Gasteiger partial charge in [0.25, 0.3) is 0 Å². The van der Waals surface area contributed by atoms with Crippen molar-refractivity contribution in [3.8, 4) is 0 Å². The van der Waals surface area contributed by atoms with E-state index < -0.39 is 0 Å². The molecule has 3 nitrogen and oxygen atoms in total. The molecule has 120 valence electrons. The minimum atomic E-state index is -0.163. The lowest BCUT2D eigenvalue weighted by Gasteiger charge is -2.31. The van der Waals surface area contributed by atoms with Crippen LogP contribution in [0.2, 0.25) is 0 Å². The van der Waals surface area contributed by atoms with Gasteiger partial charge in [0.1, 0.15) is 5.82 Å². The summed E-state index contributed by atoms with van der Waals surface area (Å²) in [5.41, 5.74) is 1.70. The fraction of sp³-hybridized carbons (Fsp3) is 0.647. The van der Waals surface area contributed by atoms with Gasteiger partial charge < -0.3 is 15.0 Å². The highest BCUT2D eigenvalue weighted by Gasteiger charge is 2.18. The molecule has 0 fully saturated rings. The number of rotatable bonds is 9. The lowest BCUT2D eigenvalue weighted by molar-refractivity contribution is 0.203. The number of anilines is 1. The lowest BCUT2D eigenvalue weighted by Crippen LogP contribution is -2.36. The van der Waals surface area contributed by atoms with Crippen molar-refractivity contribution < 1.29 is 9.13 Å². The van der Waals surface area contributed by atoms with E-state index >= 15 is 0 Å². The molecule has 0 aliphatic heterocycles. The fourth-order valence-electron chi connectivity index (χ4n) is 2.34. The van der Waals surface area contributed by atoms with E-state index in [0.29, 0.717) is 31.3 Å². The number of para-hydroxylation sites is 1. The van der Waals surface area contributed by atoms with E-state index in [4.69, 9.17) is 4.74 Å². The number of nitrogens with zero attached hydrogens (tertiary/aromatic N) is 1. The first-order chi connectivity index (χ1) is 9.97. The number of benzene rings is 1. The molecule has 1 rings (SSSR count). The van der Waals surface area contributed by atoms with E-state index in [1.807, 2.05) is 6.07 Å². The summed E-state index contributed by atoms with van der Waals surface area (Å²) in [7, 11) is 1.67. The molecule has 0 heterocycles. The van der Waals surface area contributed by atoms with Crippen molar-refractivity contribution in [1.82, 2.24) is 5.32 Å². The van der Waals surface area contributed by atoms with Crippen molar-refractivity contribution in [3.63, 3.8) is 0 Å². The van der Waals surface area contributed by atoms with Crippen LogP contribution in [0.25, 0.3) is 0 Å². The maximum absolute atomic E-state index is 14.4. The second-order valence-electron chi connectivity index (χ2n) is 6.05. The molecule has 4 heteroatoms. The topological polar surface area (TPSA) is 24.5 Å². The van der Waals surface area contributed by atoms with Crippen molar-refractivity contribution in [3.05, 3.63) is 29.6 Å². The first kappa shape index (κ1) is 17.9. The number of halogens is 1. The molecule has 0 saturated carbocycles. The van der Waals surface area contributed by atoms with Gasteiger partial charge in [-0.1, -0.05) is 26.0 Å². The van der Waals surface area contributed by atoms with Gasteiger partial charge in [0.15, 0.2) is 0 Å². The second kappa shape index (κ2) is 9.00. The molecule has 0 atom stereocenters. The molecule has 0 radical (unpaired) electrons. The lowest BCUT2D eigenvalue weighted by atomic mass is 10.1. The zero-order valence-electron chi connectivity index (χ0n) is 13.9. The van der Waals surface area contributed by atoms with Gasteiger partial charge >= 0.3 is 0 Å². The zero-order chi connectivity index (χ0) is 15.8. The van der Waals surface area contributed by atoms with Crippen LogP contribution >= 0.6 is 0 Å². The normalized spacial score (nSPS) is 11.4. The number of hydrogen-bond acceptors (Lipinski definition) is 3. The summed E-state index contributed by atoms with van der Waals surface area (Å²) in [6.07, 6.45) is 0. The Morgan fingerprint density at radius 1 is 1.24 bits per heavy atom. The quantitative estimate of drug-likeness (QED) is 0.755. The summed E-state index contributed by atoms with van der Waals surface area (Å²) in [5.74, 6) is 0.417. The Morgan fingerprint density at radius 3 is 2.52 bits per heavy atom. The summed E-state index contributed by atoms with van der Waals surface area (Å²) in [4.78, 5) is 2.07. The highest BCUT2D eigenvalue weighted by Crippen LogP contribution is 2.26. The standard InChI is InChI=1S/C17H29FN2O/c1-13(2)11-19-12-15-7-6-8-16(18)17(15)20(14(3)4)9-10-21-5/h6-8,13-14,19H,9-12H2,1-5H3. The van der Waals surface area contributed by atoms with Crippen LogP contribution in [0.15, 0.2) is 18.2 Å². The molecule has 21 heavy (non-hydrogen) atoms. The molecular formula is C17H29FN2O. The first-order valence-corrected chi connectivity index (χ1v) is 7.71. The molecule has 0 amide bonds. The predicted octanol–water partition coefficient (Wildman–Crippen LogP) is 3.43. The molecule has 1 aromatic rings. The maximum atomic E-state index is 14.4. The smallest absolute Gasteiger partial charge is 0.146 e. The maximum Gasteiger partial charge on any atom is 0.146 e. The van der Waals surface area contributed by atoms with E-state index in [0.717, 1.165) is 12.1 Å². The summed E-state index contributed by atoms with van der Waals surface area (Å²) < 4.78 is 19.5. The number of ether oxygens (including phenoxy) is 1. The number of nitrogens with one attached hydrogen (secondary N) is 1. The highest BCUT2D eigenvalue weighted by molar-refractivity contribution is 5.55. The highest BCUT2D eigenvalue weighted by atomic mass is 19.1. The van der Waals surface area contributed by atoms with Gasteiger partial charge in [-0.2, -0.15) is 0 Å². The molecule has 0 spiro atoms. The average molecular weight is 296 g/mol. The number of hydrogen-bond donors (Lipinski definition) is 1. The Kier molecular flexibility index (Phi) is 7.68. The summed E-state index contributed by atoms with van der Waals surface area (Å²) >= 11 is 0. The van der Waals surface area contributed by atoms with Gasteiger partial charge in [0, 0.05) is 26.2 Å². The summed E-state index contributed by atoms with van der Waals surface area (Å²) in [5, 5.41) is 3.39. The second-order valence-corrected chi connectivity index (χ2v) is 6.05. The van der Waals surface area contributed by atoms with Gasteiger partial charge in [-0.05, 0) is 37.9 Å². The van der Waals surface area contributed by atoms with Gasteiger partial charge in [-0.15, -0.1) is 0 Å². The molecule has 0 saturated heterocycles. The summed E-state index contributed by atoms with van der Waals surface area (Å²) in [6.45, 7) is 11.4. The van der Waals surface area contributed by atoms with Crippen LogP contribution in [0.4, 0.5) is 10.1 Å². The Morgan fingerprint density at radius 2 is 1.95 bits per heavy atom. The minimum absolute atomic E-state index is 0.163. The SMILES string of the molecule is COCCN(c1c(F)cccc1CNCC(C)C)C(C)C. The van der Waals surface area contributed by atoms with Crippen LogP contribution in [0.3, 0.4) is 0 Å². The third-order valence-electron chi connectivity index (χ3n) is 3.39. The van der Waals surface area contributed by atoms with Gasteiger partial charge in [0.2, 0.25) is 0 Å². The van der Waals surface area contributed by atoms with E-state index in [-0.39, 0.29) is 11.9 Å². The molecule has 0 aliphatic rings. The van der Waals surface area contributed by atoms with E-state index in [9.17, 15) is 4.39 Å². The van der Waals surface area contributed by atoms with Crippen molar-refractivity contribution in [1.29, 1.82) is 0 Å². The third kappa shape index (κ3) is 5.64. The first-order valence-electron chi connectivity index (χ1n) is 7.71. The van der Waals surface area contributed by atoms with Crippen molar-refractivity contribution in [2.45, 2.75) is 40.3 Å². The molecule has 0 aromatic heterocycles. The Balaban J connectivity index is 2.95. The van der Waals surface area contributed by atoms with Gasteiger partial charge in [-0.3, -0.25) is 0 Å². The monoisotopic (exact) mass is 296 g/mol. The molecule has 1 aromatic carbocycles. The van der Waals surface area contributed by atoms with Crippen molar-refractivity contribution in [2.75, 3.05) is 31.7 Å². The van der Waals surface area contributed by atoms with Crippen LogP contribution < -0.4 is 10.2 Å². The molecule has 0 bridgehead atoms. The predicted molar refractivity (Wildman–Crippen MR) is 87.3 cm³/mol. The van der Waals surface area contributed by atoms with Crippen LogP contribution in [0.5, 0.6) is 0 Å². The average Bonchev–Trinajstić information content (AvgIpc) is 2.40. The van der Waals surface area contributed by atoms with E-state index in [2.05, 4.69) is 37.9 Å². The summed E-state index contributed by atoms with van der Waals surface area (Å²) in [6, 6.07) is 5.53. The van der Waals surface area contributed by atoms with Gasteiger partial charge in [-0.25, -0.2) is 4.39 Å². The molecule has 1 N–H and O–H groups in total. The van der Waals surface area contributed by atoms with E-state index in [1.165, 1.54) is 6.07 Å². The van der Waals surface area contributed by atoms with Crippen LogP contribution in [0, 0.1) is 11.7 Å². The molecular weight excluding hydrogens is 267 g/mol. The number of methoxy groups -OCH3 is 1. The zero-order valence-corrected chi connectivity index (χ0v) is 13.9. The van der Waals surface area contributed by atoms with Crippen LogP contribution in [-0.2, 0) is 11.3 Å². The minimum Gasteiger partial charge on any atom is -0.383 e. The Bertz CT molecular complexity index is 421.